The van der Waals surface area contributed by atoms with E-state index < -0.39 is 0 Å². The minimum Gasteiger partial charge on any atom is -0.350 e. The van der Waals surface area contributed by atoms with Crippen LogP contribution in [0.2, 0.25) is 0 Å². The van der Waals surface area contributed by atoms with Crippen LogP contribution in [0.1, 0.15) is 41.0 Å². The number of carbonyl (C=O) groups excluding carboxylic acids is 2. The highest BCUT2D eigenvalue weighted by molar-refractivity contribution is 9.10. The largest absolute Gasteiger partial charge is 0.350 e. The zero-order valence-electron chi connectivity index (χ0n) is 13.1. The second kappa shape index (κ2) is 7.92. The van der Waals surface area contributed by atoms with Gasteiger partial charge in [-0.05, 0) is 55.8 Å². The predicted octanol–water partition coefficient (Wildman–Crippen LogP) is 4.23. The van der Waals surface area contributed by atoms with Crippen LogP contribution in [-0.4, -0.2) is 17.9 Å². The van der Waals surface area contributed by atoms with Crippen molar-refractivity contribution in [2.75, 3.05) is 5.32 Å². The van der Waals surface area contributed by atoms with Crippen molar-refractivity contribution < 1.29 is 9.59 Å². The zero-order chi connectivity index (χ0) is 16.8. The topological polar surface area (TPSA) is 58.2 Å². The molecule has 1 unspecified atom stereocenters. The number of nitrogens with one attached hydrogen (secondary N) is 2. The second-order valence-corrected chi connectivity index (χ2v) is 6.24. The lowest BCUT2D eigenvalue weighted by molar-refractivity contribution is 0.0938. The Balaban J connectivity index is 2.09. The second-order valence-electron chi connectivity index (χ2n) is 5.32. The molecule has 2 amide bonds. The highest BCUT2D eigenvalue weighted by Gasteiger charge is 2.10. The maximum absolute atomic E-state index is 12.2. The third-order valence-corrected chi connectivity index (χ3v) is 4.01. The molecule has 0 fully saturated rings. The van der Waals surface area contributed by atoms with Gasteiger partial charge in [0.25, 0.3) is 11.8 Å². The van der Waals surface area contributed by atoms with Crippen LogP contribution in [0.5, 0.6) is 0 Å². The predicted molar refractivity (Wildman–Crippen MR) is 95.8 cm³/mol. The molecule has 0 aliphatic heterocycles. The average molecular weight is 375 g/mol. The van der Waals surface area contributed by atoms with Gasteiger partial charge in [-0.3, -0.25) is 9.59 Å². The molecule has 0 saturated heterocycles. The van der Waals surface area contributed by atoms with Crippen LogP contribution >= 0.6 is 15.9 Å². The van der Waals surface area contributed by atoms with Gasteiger partial charge in [0.2, 0.25) is 0 Å². The first-order chi connectivity index (χ1) is 11.0. The van der Waals surface area contributed by atoms with Crippen LogP contribution in [0.15, 0.2) is 53.0 Å². The number of carbonyl (C=O) groups is 2. The molecule has 0 aliphatic carbocycles. The third kappa shape index (κ3) is 4.93. The van der Waals surface area contributed by atoms with E-state index in [1.807, 2.05) is 26.0 Å². The van der Waals surface area contributed by atoms with E-state index in [0.717, 1.165) is 10.9 Å². The van der Waals surface area contributed by atoms with Gasteiger partial charge in [0, 0.05) is 27.3 Å². The third-order valence-electron chi connectivity index (χ3n) is 3.48. The molecular formula is C18H19BrN2O2. The highest BCUT2D eigenvalue weighted by atomic mass is 79.9. The molecule has 0 heterocycles. The highest BCUT2D eigenvalue weighted by Crippen LogP contribution is 2.15. The van der Waals surface area contributed by atoms with Crippen LogP contribution in [0.25, 0.3) is 0 Å². The van der Waals surface area contributed by atoms with E-state index >= 15 is 0 Å². The van der Waals surface area contributed by atoms with Gasteiger partial charge < -0.3 is 10.6 Å². The Morgan fingerprint density at radius 2 is 1.74 bits per heavy atom. The number of rotatable bonds is 5. The Kier molecular flexibility index (Phi) is 5.93. The number of hydrogen-bond donors (Lipinski definition) is 2. The fraction of sp³-hybridized carbons (Fsp3) is 0.222. The van der Waals surface area contributed by atoms with Crippen LogP contribution in [-0.2, 0) is 0 Å². The van der Waals surface area contributed by atoms with Crippen LogP contribution in [0, 0.1) is 0 Å². The minimum absolute atomic E-state index is 0.114. The van der Waals surface area contributed by atoms with Gasteiger partial charge in [0.1, 0.15) is 0 Å². The van der Waals surface area contributed by atoms with Gasteiger partial charge >= 0.3 is 0 Å². The molecule has 0 radical (unpaired) electrons. The lowest BCUT2D eigenvalue weighted by Gasteiger charge is -2.12. The molecular weight excluding hydrogens is 356 g/mol. The van der Waals surface area contributed by atoms with Crippen LogP contribution in [0.4, 0.5) is 5.69 Å². The van der Waals surface area contributed by atoms with E-state index in [1.54, 1.807) is 36.4 Å². The molecule has 0 saturated carbocycles. The van der Waals surface area contributed by atoms with Crippen molar-refractivity contribution in [2.24, 2.45) is 0 Å². The summed E-state index contributed by atoms with van der Waals surface area (Å²) in [6.07, 6.45) is 0.867. The molecule has 4 nitrogen and oxygen atoms in total. The van der Waals surface area contributed by atoms with Crippen molar-refractivity contribution in [3.8, 4) is 0 Å². The van der Waals surface area contributed by atoms with E-state index in [0.29, 0.717) is 16.8 Å². The molecule has 2 aromatic carbocycles. The van der Waals surface area contributed by atoms with Gasteiger partial charge in [-0.2, -0.15) is 0 Å². The van der Waals surface area contributed by atoms with Crippen molar-refractivity contribution >= 4 is 33.4 Å². The Morgan fingerprint density at radius 3 is 2.39 bits per heavy atom. The van der Waals surface area contributed by atoms with E-state index in [-0.39, 0.29) is 17.9 Å². The summed E-state index contributed by atoms with van der Waals surface area (Å²) >= 11 is 3.34. The van der Waals surface area contributed by atoms with Crippen LogP contribution < -0.4 is 10.6 Å². The summed E-state index contributed by atoms with van der Waals surface area (Å²) in [6, 6.07) is 14.1. The summed E-state index contributed by atoms with van der Waals surface area (Å²) in [5, 5.41) is 5.71. The summed E-state index contributed by atoms with van der Waals surface area (Å²) < 4.78 is 0.915. The SMILES string of the molecule is CCC(C)NC(=O)c1cccc(NC(=O)c2ccc(Br)cc2)c1. The van der Waals surface area contributed by atoms with Gasteiger partial charge in [0.15, 0.2) is 0 Å². The molecule has 2 rings (SSSR count). The van der Waals surface area contributed by atoms with E-state index in [1.165, 1.54) is 0 Å². The Hall–Kier alpha value is -2.14. The summed E-state index contributed by atoms with van der Waals surface area (Å²) in [5.41, 5.74) is 1.68. The standard InChI is InChI=1S/C18H19BrN2O2/c1-3-12(2)20-18(23)14-5-4-6-16(11-14)21-17(22)13-7-9-15(19)10-8-13/h4-12H,3H2,1-2H3,(H,20,23)(H,21,22). The fourth-order valence-electron chi connectivity index (χ4n) is 1.95. The first-order valence-electron chi connectivity index (χ1n) is 7.47. The lowest BCUT2D eigenvalue weighted by Crippen LogP contribution is -2.31. The van der Waals surface area contributed by atoms with Gasteiger partial charge in [-0.25, -0.2) is 0 Å². The molecule has 1 atom stereocenters. The number of halogens is 1. The van der Waals surface area contributed by atoms with Crippen molar-refractivity contribution in [3.05, 3.63) is 64.1 Å². The molecule has 2 N–H and O–H groups in total. The molecule has 0 aromatic heterocycles. The van der Waals surface area contributed by atoms with Crippen LogP contribution in [0.3, 0.4) is 0 Å². The quantitative estimate of drug-likeness (QED) is 0.822. The fourth-order valence-corrected chi connectivity index (χ4v) is 2.22. The van der Waals surface area contributed by atoms with E-state index in [9.17, 15) is 9.59 Å². The molecule has 2 aromatic rings. The summed E-state index contributed by atoms with van der Waals surface area (Å²) in [4.78, 5) is 24.3. The number of anilines is 1. The number of amides is 2. The van der Waals surface area contributed by atoms with Gasteiger partial charge in [-0.15, -0.1) is 0 Å². The molecule has 0 spiro atoms. The van der Waals surface area contributed by atoms with Crippen molar-refractivity contribution in [1.82, 2.24) is 5.32 Å². The van der Waals surface area contributed by atoms with Gasteiger partial charge in [0.05, 0.1) is 0 Å². The maximum atomic E-state index is 12.2. The smallest absolute Gasteiger partial charge is 0.255 e. The maximum Gasteiger partial charge on any atom is 0.255 e. The van der Waals surface area contributed by atoms with Gasteiger partial charge in [-0.1, -0.05) is 28.9 Å². The zero-order valence-corrected chi connectivity index (χ0v) is 14.7. The summed E-state index contributed by atoms with van der Waals surface area (Å²) in [7, 11) is 0. The minimum atomic E-state index is -0.211. The van der Waals surface area contributed by atoms with Crippen molar-refractivity contribution in [3.63, 3.8) is 0 Å². The number of hydrogen-bond acceptors (Lipinski definition) is 2. The molecule has 0 aliphatic rings. The van der Waals surface area contributed by atoms with E-state index in [2.05, 4.69) is 26.6 Å². The lowest BCUT2D eigenvalue weighted by atomic mass is 10.1. The molecule has 23 heavy (non-hydrogen) atoms. The van der Waals surface area contributed by atoms with E-state index in [4.69, 9.17) is 0 Å². The molecule has 0 bridgehead atoms. The van der Waals surface area contributed by atoms with Crippen molar-refractivity contribution in [1.29, 1.82) is 0 Å². The Labute approximate surface area is 144 Å². The van der Waals surface area contributed by atoms with Crippen molar-refractivity contribution in [2.45, 2.75) is 26.3 Å². The molecule has 5 heteroatoms. The molecule has 120 valence electrons. The first-order valence-corrected chi connectivity index (χ1v) is 8.26. The first kappa shape index (κ1) is 17.2. The Morgan fingerprint density at radius 1 is 1.04 bits per heavy atom. The summed E-state index contributed by atoms with van der Waals surface area (Å²) in [5.74, 6) is -0.351. The normalized spacial score (nSPS) is 11.6. The monoisotopic (exact) mass is 374 g/mol. The average Bonchev–Trinajstić information content (AvgIpc) is 2.55. The number of benzene rings is 2. The Bertz CT molecular complexity index is 698. The summed E-state index contributed by atoms with van der Waals surface area (Å²) in [6.45, 7) is 3.97.